The van der Waals surface area contributed by atoms with E-state index in [9.17, 15) is 19.6 Å². The Kier molecular flexibility index (Phi) is 8.66. The van der Waals surface area contributed by atoms with E-state index in [-0.39, 0.29) is 62.0 Å². The lowest BCUT2D eigenvalue weighted by atomic mass is 9.33. The number of hydrogen-bond acceptors (Lipinski definition) is 4. The van der Waals surface area contributed by atoms with Gasteiger partial charge < -0.3 is 5.32 Å². The van der Waals surface area contributed by atoms with Gasteiger partial charge in [0.2, 0.25) is 5.91 Å². The number of carbonyl (C=O) groups excluding carboxylic acids is 3. The van der Waals surface area contributed by atoms with Crippen LogP contribution in [0.5, 0.6) is 0 Å². The molecule has 0 bridgehead atoms. The van der Waals surface area contributed by atoms with Crippen LogP contribution in [0, 0.1) is 55.7 Å². The van der Waals surface area contributed by atoms with E-state index in [0.717, 1.165) is 62.5 Å². The summed E-state index contributed by atoms with van der Waals surface area (Å²) in [6, 6.07) is 2.20. The number of nitrogens with one attached hydrogen (secondary N) is 1. The van der Waals surface area contributed by atoms with Crippen LogP contribution in [0.1, 0.15) is 127 Å². The van der Waals surface area contributed by atoms with Gasteiger partial charge >= 0.3 is 0 Å². The molecule has 4 aliphatic rings. The molecule has 0 heterocycles. The minimum atomic E-state index is -0.621. The monoisotopic (exact) mass is 588 g/mol. The summed E-state index contributed by atoms with van der Waals surface area (Å²) in [7, 11) is 1.68. The predicted molar refractivity (Wildman–Crippen MR) is 173 cm³/mol. The van der Waals surface area contributed by atoms with Gasteiger partial charge in [0, 0.05) is 24.8 Å². The zero-order chi connectivity index (χ0) is 32.2. The maximum absolute atomic E-state index is 14.6. The van der Waals surface area contributed by atoms with E-state index in [1.807, 2.05) is 26.0 Å². The number of carbonyl (C=O) groups is 3. The average molecular weight is 589 g/mol. The Labute approximate surface area is 261 Å². The molecule has 0 spiro atoms. The van der Waals surface area contributed by atoms with Gasteiger partial charge in [-0.3, -0.25) is 14.4 Å². The van der Waals surface area contributed by atoms with Crippen LogP contribution >= 0.6 is 0 Å². The molecule has 5 heteroatoms. The number of hydrogen-bond donors (Lipinski definition) is 1. The zero-order valence-corrected chi connectivity index (χ0v) is 28.6. The van der Waals surface area contributed by atoms with Gasteiger partial charge in [-0.25, -0.2) is 0 Å². The van der Waals surface area contributed by atoms with E-state index in [2.05, 4.69) is 65.9 Å². The molecule has 6 atom stereocenters. The number of Topliss-reactive ketones (excluding diaryl/α,β-unsaturated/α-hetero) is 1. The molecule has 0 aromatic carbocycles. The highest BCUT2D eigenvalue weighted by atomic mass is 16.1. The zero-order valence-electron chi connectivity index (χ0n) is 28.6. The number of allylic oxidation sites excluding steroid dienone is 5. The Morgan fingerprint density at radius 3 is 2.30 bits per heavy atom. The van der Waals surface area contributed by atoms with Crippen LogP contribution in [0.3, 0.4) is 0 Å². The van der Waals surface area contributed by atoms with Crippen molar-refractivity contribution in [2.24, 2.45) is 44.3 Å². The Morgan fingerprint density at radius 2 is 1.67 bits per heavy atom. The Morgan fingerprint density at radius 1 is 1.02 bits per heavy atom. The molecule has 1 unspecified atom stereocenters. The van der Waals surface area contributed by atoms with E-state index >= 15 is 0 Å². The van der Waals surface area contributed by atoms with Gasteiger partial charge in [-0.1, -0.05) is 78.7 Å². The average Bonchev–Trinajstić information content (AvgIpc) is 2.92. The first-order valence-electron chi connectivity index (χ1n) is 16.6. The third-order valence-electron chi connectivity index (χ3n) is 13.7. The smallest absolute Gasteiger partial charge is 0.223 e. The minimum Gasteiger partial charge on any atom is -0.359 e. The van der Waals surface area contributed by atoms with Crippen molar-refractivity contribution in [3.05, 3.63) is 34.9 Å². The van der Waals surface area contributed by atoms with Gasteiger partial charge in [0.25, 0.3) is 0 Å². The van der Waals surface area contributed by atoms with Crippen molar-refractivity contribution in [2.45, 2.75) is 127 Å². The fraction of sp³-hybridized carbons (Fsp3) is 0.737. The number of rotatable bonds is 4. The van der Waals surface area contributed by atoms with Crippen molar-refractivity contribution in [1.82, 2.24) is 5.32 Å². The molecule has 4 rings (SSSR count). The van der Waals surface area contributed by atoms with Crippen LogP contribution in [0.25, 0.3) is 0 Å². The van der Waals surface area contributed by atoms with Crippen molar-refractivity contribution in [1.29, 1.82) is 5.26 Å². The second-order valence-corrected chi connectivity index (χ2v) is 16.8. The van der Waals surface area contributed by atoms with Gasteiger partial charge in [0.1, 0.15) is 6.07 Å². The first-order valence-corrected chi connectivity index (χ1v) is 16.6. The van der Waals surface area contributed by atoms with Gasteiger partial charge in [-0.15, -0.1) is 0 Å². The summed E-state index contributed by atoms with van der Waals surface area (Å²) in [5.41, 5.74) is 1.27. The lowest BCUT2D eigenvalue weighted by Crippen LogP contribution is -2.65. The number of fused-ring (bicyclic) bond motifs is 5. The van der Waals surface area contributed by atoms with Crippen molar-refractivity contribution in [3.63, 3.8) is 0 Å². The Hall–Kier alpha value is -2.48. The van der Waals surface area contributed by atoms with Crippen molar-refractivity contribution < 1.29 is 14.4 Å². The third kappa shape index (κ3) is 5.29. The minimum absolute atomic E-state index is 0.000416. The molecule has 2 saturated carbocycles. The van der Waals surface area contributed by atoms with Crippen LogP contribution in [-0.2, 0) is 14.4 Å². The lowest BCUT2D eigenvalue weighted by molar-refractivity contribution is -0.200. The summed E-state index contributed by atoms with van der Waals surface area (Å²) >= 11 is 0. The molecule has 43 heavy (non-hydrogen) atoms. The van der Waals surface area contributed by atoms with Gasteiger partial charge in [-0.05, 0) is 104 Å². The number of nitriles is 1. The normalized spacial score (nSPS) is 40.4. The summed E-state index contributed by atoms with van der Waals surface area (Å²) in [6.45, 7) is 20.1. The van der Waals surface area contributed by atoms with Gasteiger partial charge in [0.05, 0.1) is 5.57 Å². The molecule has 1 amide bonds. The van der Waals surface area contributed by atoms with Crippen LogP contribution in [0.15, 0.2) is 34.9 Å². The first-order chi connectivity index (χ1) is 19.8. The van der Waals surface area contributed by atoms with Crippen LogP contribution in [0.2, 0.25) is 0 Å². The van der Waals surface area contributed by atoms with E-state index in [4.69, 9.17) is 0 Å². The number of ketones is 2. The largest absolute Gasteiger partial charge is 0.359 e. The highest BCUT2D eigenvalue weighted by Gasteiger charge is 2.69. The summed E-state index contributed by atoms with van der Waals surface area (Å²) in [5, 5.41) is 12.7. The molecule has 0 aromatic rings. The summed E-state index contributed by atoms with van der Waals surface area (Å²) in [5.74, 6) is 0.174. The molecule has 5 nitrogen and oxygen atoms in total. The highest BCUT2D eigenvalue weighted by molar-refractivity contribution is 6.03. The van der Waals surface area contributed by atoms with Crippen LogP contribution in [-0.4, -0.2) is 24.5 Å². The molecular weight excluding hydrogens is 532 g/mol. The van der Waals surface area contributed by atoms with E-state index < -0.39 is 5.41 Å². The molecule has 2 fully saturated rings. The maximum Gasteiger partial charge on any atom is 0.223 e. The second-order valence-electron chi connectivity index (χ2n) is 16.8. The van der Waals surface area contributed by atoms with Crippen molar-refractivity contribution in [2.75, 3.05) is 7.05 Å². The van der Waals surface area contributed by atoms with Crippen LogP contribution < -0.4 is 5.32 Å². The number of amides is 1. The molecule has 0 radical (unpaired) electrons. The summed E-state index contributed by atoms with van der Waals surface area (Å²) in [4.78, 5) is 40.1. The SMILES string of the molecule is CNC(=O)C/C(C)=C/C[C@]12CCC(C)(C)C[C@@]1(C)[C@H]1C(=O)C=C3C/C=C(/C#N)C(=O)C(C)(C)C(C)CC[C@@]3(C)[C@]1(C)CC2. The standard InChI is InChI=1S/C38H56N2O3/c1-25(21-30(42)40-10)13-16-38-19-17-33(3,4)24-37(38,9)31-29(41)22-28-12-11-27(23-39)32(43)34(5,6)26(2)14-15-35(28,7)36(31,8)18-20-38/h11,13,22,26,31H,12,14-21,24H2,1-10H3,(H,40,42)/b25-13+,27-11-/t26?,31-,35+,36+,37-,38+/m0/s1. The lowest BCUT2D eigenvalue weighted by Gasteiger charge is -2.70. The summed E-state index contributed by atoms with van der Waals surface area (Å²) < 4.78 is 0. The Balaban J connectivity index is 1.85. The highest BCUT2D eigenvalue weighted by Crippen LogP contribution is 2.75. The third-order valence-corrected chi connectivity index (χ3v) is 13.7. The van der Waals surface area contributed by atoms with Gasteiger partial charge in [-0.2, -0.15) is 5.26 Å². The van der Waals surface area contributed by atoms with Gasteiger partial charge in [0.15, 0.2) is 11.6 Å². The number of nitrogens with zero attached hydrogens (tertiary/aromatic N) is 1. The van der Waals surface area contributed by atoms with Crippen molar-refractivity contribution >= 4 is 17.5 Å². The van der Waals surface area contributed by atoms with Crippen LogP contribution in [0.4, 0.5) is 0 Å². The molecule has 236 valence electrons. The molecule has 0 aromatic heterocycles. The van der Waals surface area contributed by atoms with E-state index in [0.29, 0.717) is 12.8 Å². The molecule has 0 saturated heterocycles. The Bertz CT molecular complexity index is 1320. The predicted octanol–water partition coefficient (Wildman–Crippen LogP) is 8.46. The second kappa shape index (κ2) is 11.1. The quantitative estimate of drug-likeness (QED) is 0.334. The molecule has 4 aliphatic carbocycles. The van der Waals surface area contributed by atoms with Crippen molar-refractivity contribution in [3.8, 4) is 6.07 Å². The maximum atomic E-state index is 14.6. The fourth-order valence-electron chi connectivity index (χ4n) is 10.1. The molecule has 0 aliphatic heterocycles. The molecular formula is C38H56N2O3. The van der Waals surface area contributed by atoms with E-state index in [1.165, 1.54) is 0 Å². The first kappa shape index (κ1) is 33.4. The molecule has 1 N–H and O–H groups in total. The topological polar surface area (TPSA) is 87.0 Å². The fourth-order valence-corrected chi connectivity index (χ4v) is 10.1. The van der Waals surface area contributed by atoms with E-state index in [1.54, 1.807) is 7.05 Å². The summed E-state index contributed by atoms with van der Waals surface area (Å²) in [6.07, 6.45) is 14.9.